The lowest BCUT2D eigenvalue weighted by Gasteiger charge is -2.10. The van der Waals surface area contributed by atoms with Crippen LogP contribution in [0.4, 0.5) is 0 Å². The molecule has 1 unspecified atom stereocenters. The highest BCUT2D eigenvalue weighted by Gasteiger charge is 2.29. The molecule has 0 saturated carbocycles. The molecule has 136 valence electrons. The zero-order chi connectivity index (χ0) is 18.6. The van der Waals surface area contributed by atoms with Crippen LogP contribution >= 0.6 is 0 Å². The minimum absolute atomic E-state index is 0.153. The summed E-state index contributed by atoms with van der Waals surface area (Å²) in [7, 11) is 0. The lowest BCUT2D eigenvalue weighted by molar-refractivity contribution is -0.131. The number of rotatable bonds is 5. The zero-order valence-electron chi connectivity index (χ0n) is 15.0. The maximum absolute atomic E-state index is 12.4. The van der Waals surface area contributed by atoms with Crippen LogP contribution in [0.3, 0.4) is 0 Å². The summed E-state index contributed by atoms with van der Waals surface area (Å²) in [6.45, 7) is 2.47. The standard InChI is InChI=1S/C21H20N4O2/c1-14-4-2-3-5-17(14)19-12-20(27-25-19)21(26)22-13-15-6-8-16(9-7-15)18-10-11-23-24-18/h2-11,20H,12-13H2,1H3,(H,22,26)(H,23,24). The largest absolute Gasteiger partial charge is 0.382 e. The third-order valence-corrected chi connectivity index (χ3v) is 4.65. The fourth-order valence-electron chi connectivity index (χ4n) is 3.10. The van der Waals surface area contributed by atoms with Crippen LogP contribution < -0.4 is 5.32 Å². The topological polar surface area (TPSA) is 79.4 Å². The monoisotopic (exact) mass is 360 g/mol. The molecule has 0 spiro atoms. The second-order valence-electron chi connectivity index (χ2n) is 6.54. The van der Waals surface area contributed by atoms with Gasteiger partial charge in [-0.2, -0.15) is 5.10 Å². The first-order valence-corrected chi connectivity index (χ1v) is 8.86. The second kappa shape index (κ2) is 7.45. The van der Waals surface area contributed by atoms with Crippen molar-refractivity contribution in [3.63, 3.8) is 0 Å². The number of carbonyl (C=O) groups excluding carboxylic acids is 1. The summed E-state index contributed by atoms with van der Waals surface area (Å²) >= 11 is 0. The van der Waals surface area contributed by atoms with E-state index < -0.39 is 6.10 Å². The summed E-state index contributed by atoms with van der Waals surface area (Å²) in [5.41, 5.74) is 6.01. The van der Waals surface area contributed by atoms with Gasteiger partial charge in [0.05, 0.1) is 11.4 Å². The van der Waals surface area contributed by atoms with Crippen molar-refractivity contribution < 1.29 is 9.63 Å². The van der Waals surface area contributed by atoms with Crippen LogP contribution in [0.15, 0.2) is 65.9 Å². The molecule has 1 aliphatic rings. The molecule has 1 aliphatic heterocycles. The molecule has 4 rings (SSSR count). The number of hydrogen-bond donors (Lipinski definition) is 2. The van der Waals surface area contributed by atoms with Crippen LogP contribution in [0, 0.1) is 6.92 Å². The van der Waals surface area contributed by atoms with Gasteiger partial charge in [0, 0.05) is 24.7 Å². The molecule has 2 N–H and O–H groups in total. The highest BCUT2D eigenvalue weighted by molar-refractivity contribution is 6.05. The van der Waals surface area contributed by atoms with E-state index in [1.54, 1.807) is 6.20 Å². The Morgan fingerprint density at radius 1 is 1.19 bits per heavy atom. The molecular formula is C21H20N4O2. The van der Waals surface area contributed by atoms with E-state index in [1.165, 1.54) is 0 Å². The molecule has 0 aliphatic carbocycles. The summed E-state index contributed by atoms with van der Waals surface area (Å²) in [5, 5.41) is 13.9. The van der Waals surface area contributed by atoms with Crippen molar-refractivity contribution in [2.24, 2.45) is 5.16 Å². The fraction of sp³-hybridized carbons (Fsp3) is 0.190. The van der Waals surface area contributed by atoms with E-state index in [1.807, 2.05) is 61.5 Å². The van der Waals surface area contributed by atoms with Crippen molar-refractivity contribution in [1.29, 1.82) is 0 Å². The summed E-state index contributed by atoms with van der Waals surface area (Å²) in [6.07, 6.45) is 1.62. The maximum Gasteiger partial charge on any atom is 0.264 e. The normalized spacial score (nSPS) is 15.9. The van der Waals surface area contributed by atoms with E-state index in [4.69, 9.17) is 4.84 Å². The van der Waals surface area contributed by atoms with E-state index in [9.17, 15) is 4.79 Å². The van der Waals surface area contributed by atoms with Gasteiger partial charge in [-0.1, -0.05) is 53.7 Å². The Morgan fingerprint density at radius 3 is 2.74 bits per heavy atom. The van der Waals surface area contributed by atoms with Crippen LogP contribution in [0.1, 0.15) is 23.1 Å². The number of nitrogens with one attached hydrogen (secondary N) is 2. The van der Waals surface area contributed by atoms with E-state index in [0.717, 1.165) is 33.7 Å². The van der Waals surface area contributed by atoms with Gasteiger partial charge in [-0.3, -0.25) is 9.89 Å². The number of H-pyrrole nitrogens is 1. The summed E-state index contributed by atoms with van der Waals surface area (Å²) in [5.74, 6) is -0.153. The minimum Gasteiger partial charge on any atom is -0.382 e. The maximum atomic E-state index is 12.4. The van der Waals surface area contributed by atoms with Gasteiger partial charge in [0.2, 0.25) is 6.10 Å². The Hall–Kier alpha value is -3.41. The van der Waals surface area contributed by atoms with Gasteiger partial charge in [-0.15, -0.1) is 0 Å². The van der Waals surface area contributed by atoms with Crippen LogP contribution in [-0.2, 0) is 16.2 Å². The number of amides is 1. The van der Waals surface area contributed by atoms with Crippen LogP contribution in [0.5, 0.6) is 0 Å². The molecule has 1 atom stereocenters. The minimum atomic E-state index is -0.580. The Labute approximate surface area is 157 Å². The number of benzene rings is 2. The van der Waals surface area contributed by atoms with Gasteiger partial charge >= 0.3 is 0 Å². The molecule has 0 bridgehead atoms. The molecule has 1 amide bonds. The Morgan fingerprint density at radius 2 is 2.00 bits per heavy atom. The summed E-state index contributed by atoms with van der Waals surface area (Å²) < 4.78 is 0. The predicted octanol–water partition coefficient (Wildman–Crippen LogP) is 3.19. The lowest BCUT2D eigenvalue weighted by atomic mass is 10.0. The Bertz CT molecular complexity index is 962. The number of carbonyl (C=O) groups is 1. The highest BCUT2D eigenvalue weighted by atomic mass is 16.6. The number of oxime groups is 1. The van der Waals surface area contributed by atoms with E-state index in [2.05, 4.69) is 20.7 Å². The third-order valence-electron chi connectivity index (χ3n) is 4.65. The zero-order valence-corrected chi connectivity index (χ0v) is 15.0. The summed E-state index contributed by atoms with van der Waals surface area (Å²) in [6, 6.07) is 17.9. The van der Waals surface area contributed by atoms with Gasteiger partial charge < -0.3 is 10.2 Å². The molecule has 6 heteroatoms. The molecule has 27 heavy (non-hydrogen) atoms. The van der Waals surface area contributed by atoms with Crippen molar-refractivity contribution >= 4 is 11.6 Å². The first-order valence-electron chi connectivity index (χ1n) is 8.86. The average Bonchev–Trinajstić information content (AvgIpc) is 3.39. The van der Waals surface area contributed by atoms with Gasteiger partial charge in [0.25, 0.3) is 5.91 Å². The van der Waals surface area contributed by atoms with Gasteiger partial charge in [-0.25, -0.2) is 0 Å². The average molecular weight is 360 g/mol. The predicted molar refractivity (Wildman–Crippen MR) is 103 cm³/mol. The molecular weight excluding hydrogens is 340 g/mol. The number of nitrogens with zero attached hydrogens (tertiary/aromatic N) is 2. The Kier molecular flexibility index (Phi) is 4.70. The highest BCUT2D eigenvalue weighted by Crippen LogP contribution is 2.20. The van der Waals surface area contributed by atoms with E-state index >= 15 is 0 Å². The van der Waals surface area contributed by atoms with E-state index in [0.29, 0.717) is 13.0 Å². The Balaban J connectivity index is 1.32. The number of hydrogen-bond acceptors (Lipinski definition) is 4. The molecule has 6 nitrogen and oxygen atoms in total. The van der Waals surface area contributed by atoms with Crippen LogP contribution in [-0.4, -0.2) is 27.9 Å². The number of aryl methyl sites for hydroxylation is 1. The molecule has 2 aromatic carbocycles. The lowest BCUT2D eigenvalue weighted by Crippen LogP contribution is -2.34. The van der Waals surface area contributed by atoms with Crippen molar-refractivity contribution in [2.75, 3.05) is 0 Å². The molecule has 0 radical (unpaired) electrons. The van der Waals surface area contributed by atoms with Crippen molar-refractivity contribution in [3.8, 4) is 11.3 Å². The van der Waals surface area contributed by atoms with Gasteiger partial charge in [-0.05, 0) is 29.7 Å². The van der Waals surface area contributed by atoms with Crippen molar-refractivity contribution in [3.05, 3.63) is 77.5 Å². The third kappa shape index (κ3) is 3.74. The number of aromatic amines is 1. The first kappa shape index (κ1) is 17.0. The van der Waals surface area contributed by atoms with Crippen LogP contribution in [0.2, 0.25) is 0 Å². The molecule has 0 fully saturated rings. The molecule has 0 saturated heterocycles. The molecule has 3 aromatic rings. The van der Waals surface area contributed by atoms with E-state index in [-0.39, 0.29) is 5.91 Å². The van der Waals surface area contributed by atoms with Gasteiger partial charge in [0.15, 0.2) is 0 Å². The first-order chi connectivity index (χ1) is 13.2. The molecule has 2 heterocycles. The molecule has 1 aromatic heterocycles. The fourth-order valence-corrected chi connectivity index (χ4v) is 3.10. The van der Waals surface area contributed by atoms with Crippen molar-refractivity contribution in [2.45, 2.75) is 26.0 Å². The van der Waals surface area contributed by atoms with Crippen molar-refractivity contribution in [1.82, 2.24) is 15.5 Å². The summed E-state index contributed by atoms with van der Waals surface area (Å²) in [4.78, 5) is 17.8. The van der Waals surface area contributed by atoms with Crippen LogP contribution in [0.25, 0.3) is 11.3 Å². The van der Waals surface area contributed by atoms with Gasteiger partial charge in [0.1, 0.15) is 0 Å². The second-order valence-corrected chi connectivity index (χ2v) is 6.54. The SMILES string of the molecule is Cc1ccccc1C1=NOC(C(=O)NCc2ccc(-c3ccn[nH]3)cc2)C1. The smallest absolute Gasteiger partial charge is 0.264 e. The number of aromatic nitrogens is 2. The quantitative estimate of drug-likeness (QED) is 0.733.